The minimum absolute atomic E-state index is 0.287. The molecule has 0 fully saturated rings. The number of aromatic nitrogens is 2. The lowest BCUT2D eigenvalue weighted by Crippen LogP contribution is -2.23. The highest BCUT2D eigenvalue weighted by atomic mass is 16.3. The molecule has 1 amide bonds. The fourth-order valence-electron chi connectivity index (χ4n) is 3.36. The van der Waals surface area contributed by atoms with E-state index in [1.54, 1.807) is 79.0 Å². The predicted octanol–water partition coefficient (Wildman–Crippen LogP) is 3.76. The Kier molecular flexibility index (Phi) is 5.89. The van der Waals surface area contributed by atoms with Crippen LogP contribution in [0.5, 0.6) is 5.88 Å². The van der Waals surface area contributed by atoms with Gasteiger partial charge < -0.3 is 10.4 Å². The number of benzene rings is 2. The van der Waals surface area contributed by atoms with Crippen molar-refractivity contribution in [3.05, 3.63) is 107 Å². The molecule has 7 nitrogen and oxygen atoms in total. The van der Waals surface area contributed by atoms with Crippen LogP contribution in [-0.4, -0.2) is 33.3 Å². The summed E-state index contributed by atoms with van der Waals surface area (Å²) in [6.07, 6.45) is 4.59. The van der Waals surface area contributed by atoms with E-state index in [-0.39, 0.29) is 11.8 Å². The van der Waals surface area contributed by atoms with Gasteiger partial charge in [-0.3, -0.25) is 14.6 Å². The number of carbonyl (C=O) groups is 1. The van der Waals surface area contributed by atoms with Crippen LogP contribution >= 0.6 is 0 Å². The first-order valence-corrected chi connectivity index (χ1v) is 9.92. The molecule has 2 heterocycles. The third kappa shape index (κ3) is 3.91. The number of fused-ring (bicyclic) bond motifs is 1. The van der Waals surface area contributed by atoms with Crippen molar-refractivity contribution in [3.63, 3.8) is 0 Å². The van der Waals surface area contributed by atoms with Crippen molar-refractivity contribution in [3.8, 4) is 11.7 Å². The zero-order valence-corrected chi connectivity index (χ0v) is 17.1. The monoisotopic (exact) mass is 424 g/mol. The van der Waals surface area contributed by atoms with Crippen molar-refractivity contribution >= 4 is 28.6 Å². The van der Waals surface area contributed by atoms with E-state index in [1.807, 2.05) is 0 Å². The summed E-state index contributed by atoms with van der Waals surface area (Å²) < 4.78 is 1.15. The van der Waals surface area contributed by atoms with E-state index in [2.05, 4.69) is 21.9 Å². The molecule has 0 aliphatic heterocycles. The van der Waals surface area contributed by atoms with Crippen LogP contribution in [0.4, 0.5) is 5.69 Å². The minimum Gasteiger partial charge on any atom is -0.494 e. The molecule has 7 heteroatoms. The average molecular weight is 424 g/mol. The van der Waals surface area contributed by atoms with Crippen molar-refractivity contribution < 1.29 is 9.90 Å². The molecule has 2 aromatic carbocycles. The van der Waals surface area contributed by atoms with Gasteiger partial charge >= 0.3 is 0 Å². The summed E-state index contributed by atoms with van der Waals surface area (Å²) in [6.45, 7) is 3.93. The number of pyridine rings is 2. The number of hydrogen-bond acceptors (Lipinski definition) is 5. The second kappa shape index (κ2) is 9.09. The molecule has 4 rings (SSSR count). The van der Waals surface area contributed by atoms with E-state index < -0.39 is 5.56 Å². The Balaban J connectivity index is 1.88. The second-order valence-electron chi connectivity index (χ2n) is 6.89. The summed E-state index contributed by atoms with van der Waals surface area (Å²) in [7, 11) is 0. The van der Waals surface area contributed by atoms with E-state index in [4.69, 9.17) is 0 Å². The Labute approximate surface area is 184 Å². The molecule has 0 bridgehead atoms. The van der Waals surface area contributed by atoms with Gasteiger partial charge in [0.2, 0.25) is 5.88 Å². The van der Waals surface area contributed by atoms with Gasteiger partial charge in [-0.05, 0) is 30.3 Å². The highest BCUT2D eigenvalue weighted by Crippen LogP contribution is 2.26. The molecule has 0 aliphatic carbocycles. The van der Waals surface area contributed by atoms with Crippen LogP contribution in [0, 0.1) is 0 Å². The van der Waals surface area contributed by atoms with Gasteiger partial charge in [-0.1, -0.05) is 42.5 Å². The van der Waals surface area contributed by atoms with E-state index in [1.165, 1.54) is 6.21 Å². The molecule has 0 saturated heterocycles. The van der Waals surface area contributed by atoms with E-state index in [0.29, 0.717) is 39.9 Å². The number of carbonyl (C=O) groups excluding carboxylic acids is 1. The first-order chi connectivity index (χ1) is 15.6. The molecule has 2 N–H and O–H groups in total. The minimum atomic E-state index is -0.391. The lowest BCUT2D eigenvalue weighted by Gasteiger charge is -2.13. The van der Waals surface area contributed by atoms with Gasteiger partial charge in [-0.25, -0.2) is 9.55 Å². The third-order valence-electron chi connectivity index (χ3n) is 4.87. The van der Waals surface area contributed by atoms with Crippen molar-refractivity contribution in [2.45, 2.75) is 0 Å². The highest BCUT2D eigenvalue weighted by molar-refractivity contribution is 6.04. The van der Waals surface area contributed by atoms with Crippen LogP contribution in [0.25, 0.3) is 16.6 Å². The fraction of sp³-hybridized carbons (Fsp3) is 0.0400. The second-order valence-corrected chi connectivity index (χ2v) is 6.89. The molecular formula is C25H20N4O3. The average Bonchev–Trinajstić information content (AvgIpc) is 2.83. The van der Waals surface area contributed by atoms with Gasteiger partial charge in [0.1, 0.15) is 5.82 Å². The van der Waals surface area contributed by atoms with E-state index in [0.717, 1.165) is 4.57 Å². The number of rotatable bonds is 6. The van der Waals surface area contributed by atoms with Crippen LogP contribution in [0.1, 0.15) is 15.9 Å². The van der Waals surface area contributed by atoms with Crippen molar-refractivity contribution in [2.24, 2.45) is 4.99 Å². The molecule has 32 heavy (non-hydrogen) atoms. The third-order valence-corrected chi connectivity index (χ3v) is 4.87. The summed E-state index contributed by atoms with van der Waals surface area (Å²) in [5.41, 5.74) is 0.755. The topological polar surface area (TPSA) is 96.6 Å². The van der Waals surface area contributed by atoms with Crippen molar-refractivity contribution in [1.29, 1.82) is 0 Å². The SMILES string of the molecule is C=CCNC(=O)c1ccccc1N=Cc1c(O)n(-c2ccccn2)c(=O)c2ccccc12. The Morgan fingerprint density at radius 3 is 2.53 bits per heavy atom. The maximum atomic E-state index is 13.1. The zero-order chi connectivity index (χ0) is 22.5. The Morgan fingerprint density at radius 1 is 1.06 bits per heavy atom. The smallest absolute Gasteiger partial charge is 0.267 e. The maximum Gasteiger partial charge on any atom is 0.267 e. The number of amides is 1. The molecular weight excluding hydrogens is 404 g/mol. The molecule has 2 aromatic heterocycles. The molecule has 0 atom stereocenters. The number of para-hydroxylation sites is 1. The van der Waals surface area contributed by atoms with Gasteiger partial charge in [-0.15, -0.1) is 6.58 Å². The van der Waals surface area contributed by atoms with E-state index in [9.17, 15) is 14.7 Å². The van der Waals surface area contributed by atoms with Gasteiger partial charge in [0.25, 0.3) is 11.5 Å². The summed E-state index contributed by atoms with van der Waals surface area (Å²) in [6, 6.07) is 18.9. The van der Waals surface area contributed by atoms with Crippen LogP contribution in [0.2, 0.25) is 0 Å². The molecule has 0 radical (unpaired) electrons. The quantitative estimate of drug-likeness (QED) is 0.364. The number of nitrogens with zero attached hydrogens (tertiary/aromatic N) is 3. The maximum absolute atomic E-state index is 13.1. The lowest BCUT2D eigenvalue weighted by molar-refractivity contribution is 0.0958. The van der Waals surface area contributed by atoms with Crippen molar-refractivity contribution in [2.75, 3.05) is 6.54 Å². The van der Waals surface area contributed by atoms with Crippen LogP contribution in [0.15, 0.2) is 95.4 Å². The molecule has 158 valence electrons. The fourth-order valence-corrected chi connectivity index (χ4v) is 3.36. The molecule has 0 spiro atoms. The van der Waals surface area contributed by atoms with Crippen LogP contribution < -0.4 is 10.9 Å². The van der Waals surface area contributed by atoms with Crippen LogP contribution in [-0.2, 0) is 0 Å². The summed E-state index contributed by atoms with van der Waals surface area (Å²) in [5, 5.41) is 14.7. The molecule has 4 aromatic rings. The highest BCUT2D eigenvalue weighted by Gasteiger charge is 2.17. The first kappa shape index (κ1) is 20.7. The molecule has 0 unspecified atom stereocenters. The lowest BCUT2D eigenvalue weighted by atomic mass is 10.1. The van der Waals surface area contributed by atoms with Crippen molar-refractivity contribution in [1.82, 2.24) is 14.9 Å². The Hall–Kier alpha value is -4.52. The van der Waals surface area contributed by atoms with Gasteiger partial charge in [0.05, 0.1) is 16.8 Å². The normalized spacial score (nSPS) is 11.0. The largest absolute Gasteiger partial charge is 0.494 e. The van der Waals surface area contributed by atoms with Gasteiger partial charge in [-0.2, -0.15) is 0 Å². The molecule has 0 aliphatic rings. The number of aliphatic imine (C=N–C) groups is 1. The summed E-state index contributed by atoms with van der Waals surface area (Å²) >= 11 is 0. The summed E-state index contributed by atoms with van der Waals surface area (Å²) in [5.74, 6) is -0.283. The number of hydrogen-bond donors (Lipinski definition) is 2. The van der Waals surface area contributed by atoms with E-state index >= 15 is 0 Å². The summed E-state index contributed by atoms with van der Waals surface area (Å²) in [4.78, 5) is 34.2. The Morgan fingerprint density at radius 2 is 1.78 bits per heavy atom. The Bertz CT molecular complexity index is 1390. The standard InChI is InChI=1S/C25H20N4O3/c1-2-14-27-23(30)19-11-5-6-12-21(19)28-16-20-17-9-3-4-10-18(17)24(31)29(25(20)32)22-13-7-8-15-26-22/h2-13,15-16,32H,1,14H2,(H,27,30). The number of aromatic hydroxyl groups is 1. The van der Waals surface area contributed by atoms with Gasteiger partial charge in [0, 0.05) is 29.7 Å². The molecule has 0 saturated carbocycles. The first-order valence-electron chi connectivity index (χ1n) is 9.92. The van der Waals surface area contributed by atoms with Gasteiger partial charge in [0.15, 0.2) is 0 Å². The van der Waals surface area contributed by atoms with Crippen LogP contribution in [0.3, 0.4) is 0 Å². The zero-order valence-electron chi connectivity index (χ0n) is 17.1. The predicted molar refractivity (Wildman–Crippen MR) is 125 cm³/mol. The number of nitrogens with one attached hydrogen (secondary N) is 1.